The molecule has 2 aromatic rings. The van der Waals surface area contributed by atoms with E-state index in [1.807, 2.05) is 12.3 Å². The molecule has 3 rings (SSSR count). The van der Waals surface area contributed by atoms with Gasteiger partial charge in [0, 0.05) is 19.2 Å². The van der Waals surface area contributed by atoms with Crippen LogP contribution in [0.1, 0.15) is 0 Å². The average Bonchev–Trinajstić information content (AvgIpc) is 2.86. The van der Waals surface area contributed by atoms with Crippen LogP contribution in [0.3, 0.4) is 0 Å². The highest BCUT2D eigenvalue weighted by atomic mass is 32.2. The summed E-state index contributed by atoms with van der Waals surface area (Å²) in [6.45, 7) is 3.28. The largest absolute Gasteiger partial charge is 0.378 e. The third-order valence-corrected chi connectivity index (χ3v) is 3.37. The Morgan fingerprint density at radius 2 is 2.18 bits per heavy atom. The summed E-state index contributed by atoms with van der Waals surface area (Å²) in [6, 6.07) is 1.97. The quantitative estimate of drug-likeness (QED) is 0.578. The molecule has 0 bridgehead atoms. The van der Waals surface area contributed by atoms with Gasteiger partial charge in [0.2, 0.25) is 0 Å². The molecule has 90 valence electrons. The maximum Gasteiger partial charge on any atom is 0.192 e. The van der Waals surface area contributed by atoms with Crippen molar-refractivity contribution in [2.45, 2.75) is 5.16 Å². The Morgan fingerprint density at radius 3 is 2.94 bits per heavy atom. The van der Waals surface area contributed by atoms with Gasteiger partial charge in [0.25, 0.3) is 0 Å². The first-order valence-electron chi connectivity index (χ1n) is 5.46. The molecular weight excluding hydrogens is 238 g/mol. The molecule has 0 unspecified atom stereocenters. The molecule has 0 N–H and O–H groups in total. The SMILES string of the molecule is CSc1nc(N2CCOCC2)cc2ncnn12. The molecule has 1 saturated heterocycles. The van der Waals surface area contributed by atoms with E-state index in [4.69, 9.17) is 4.74 Å². The minimum atomic E-state index is 0.758. The van der Waals surface area contributed by atoms with Crippen molar-refractivity contribution >= 4 is 23.2 Å². The smallest absolute Gasteiger partial charge is 0.192 e. The van der Waals surface area contributed by atoms with E-state index in [0.29, 0.717) is 0 Å². The Bertz CT molecular complexity index is 522. The first kappa shape index (κ1) is 10.8. The van der Waals surface area contributed by atoms with Gasteiger partial charge in [-0.05, 0) is 6.26 Å². The van der Waals surface area contributed by atoms with Gasteiger partial charge in [0.15, 0.2) is 10.8 Å². The number of morpholine rings is 1. The van der Waals surface area contributed by atoms with Crippen LogP contribution >= 0.6 is 11.8 Å². The number of aromatic nitrogens is 4. The van der Waals surface area contributed by atoms with Crippen LogP contribution in [0.15, 0.2) is 17.6 Å². The molecule has 17 heavy (non-hydrogen) atoms. The lowest BCUT2D eigenvalue weighted by molar-refractivity contribution is 0.122. The van der Waals surface area contributed by atoms with E-state index in [-0.39, 0.29) is 0 Å². The van der Waals surface area contributed by atoms with Crippen molar-refractivity contribution in [2.24, 2.45) is 0 Å². The van der Waals surface area contributed by atoms with Crippen LogP contribution in [0.5, 0.6) is 0 Å². The second-order valence-electron chi connectivity index (χ2n) is 3.73. The van der Waals surface area contributed by atoms with E-state index in [0.717, 1.165) is 42.9 Å². The van der Waals surface area contributed by atoms with Crippen molar-refractivity contribution in [3.63, 3.8) is 0 Å². The van der Waals surface area contributed by atoms with Gasteiger partial charge < -0.3 is 9.64 Å². The van der Waals surface area contributed by atoms with Gasteiger partial charge >= 0.3 is 0 Å². The summed E-state index contributed by atoms with van der Waals surface area (Å²) in [4.78, 5) is 11.1. The second-order valence-corrected chi connectivity index (χ2v) is 4.50. The molecule has 0 atom stereocenters. The highest BCUT2D eigenvalue weighted by molar-refractivity contribution is 7.98. The van der Waals surface area contributed by atoms with E-state index < -0.39 is 0 Å². The molecule has 0 amide bonds. The number of rotatable bonds is 2. The normalized spacial score (nSPS) is 16.6. The molecule has 0 aromatic carbocycles. The Kier molecular flexibility index (Phi) is 2.86. The predicted molar refractivity (Wildman–Crippen MR) is 65.6 cm³/mol. The first-order valence-corrected chi connectivity index (χ1v) is 6.68. The van der Waals surface area contributed by atoms with Gasteiger partial charge in [0.05, 0.1) is 13.2 Å². The van der Waals surface area contributed by atoms with E-state index in [9.17, 15) is 0 Å². The fourth-order valence-corrected chi connectivity index (χ4v) is 2.37. The molecule has 1 aliphatic rings. The molecular formula is C10H13N5OS. The van der Waals surface area contributed by atoms with Crippen LogP contribution in [0.25, 0.3) is 5.65 Å². The van der Waals surface area contributed by atoms with Gasteiger partial charge in [-0.2, -0.15) is 9.61 Å². The first-order chi connectivity index (χ1) is 8.38. The van der Waals surface area contributed by atoms with Crippen molar-refractivity contribution in [2.75, 3.05) is 37.5 Å². The maximum atomic E-state index is 5.34. The van der Waals surface area contributed by atoms with Gasteiger partial charge in [-0.25, -0.2) is 9.97 Å². The molecule has 7 heteroatoms. The Morgan fingerprint density at radius 1 is 1.35 bits per heavy atom. The van der Waals surface area contributed by atoms with Crippen LogP contribution in [0.2, 0.25) is 0 Å². The molecule has 0 spiro atoms. The number of ether oxygens (including phenoxy) is 1. The topological polar surface area (TPSA) is 55.5 Å². The number of fused-ring (bicyclic) bond motifs is 1. The zero-order valence-electron chi connectivity index (χ0n) is 9.54. The summed E-state index contributed by atoms with van der Waals surface area (Å²) in [5.41, 5.74) is 0.839. The Hall–Kier alpha value is -1.34. The Labute approximate surface area is 103 Å². The minimum Gasteiger partial charge on any atom is -0.378 e. The molecule has 6 nitrogen and oxygen atoms in total. The van der Waals surface area contributed by atoms with E-state index in [2.05, 4.69) is 20.0 Å². The summed E-state index contributed by atoms with van der Waals surface area (Å²) < 4.78 is 7.10. The highest BCUT2D eigenvalue weighted by Crippen LogP contribution is 2.20. The number of anilines is 1. The van der Waals surface area contributed by atoms with Crippen LogP contribution in [0, 0.1) is 0 Å². The lowest BCUT2D eigenvalue weighted by Crippen LogP contribution is -2.36. The van der Waals surface area contributed by atoms with Crippen LogP contribution in [-0.4, -0.2) is 52.1 Å². The number of thioether (sulfide) groups is 1. The number of nitrogens with zero attached hydrogens (tertiary/aromatic N) is 5. The summed E-state index contributed by atoms with van der Waals surface area (Å²) in [5, 5.41) is 5.02. The molecule has 1 fully saturated rings. The summed E-state index contributed by atoms with van der Waals surface area (Å²) in [6.07, 6.45) is 3.55. The standard InChI is InChI=1S/C10H13N5OS/c1-17-10-13-9(14-2-4-16-5-3-14)6-8-11-7-12-15(8)10/h6-7H,2-5H2,1H3. The van der Waals surface area contributed by atoms with E-state index in [1.165, 1.54) is 0 Å². The maximum absolute atomic E-state index is 5.34. The monoisotopic (exact) mass is 251 g/mol. The molecule has 0 radical (unpaired) electrons. The van der Waals surface area contributed by atoms with Crippen LogP contribution < -0.4 is 4.90 Å². The van der Waals surface area contributed by atoms with Crippen LogP contribution in [-0.2, 0) is 4.74 Å². The fraction of sp³-hybridized carbons (Fsp3) is 0.500. The van der Waals surface area contributed by atoms with Crippen molar-refractivity contribution in [3.8, 4) is 0 Å². The predicted octanol–water partition coefficient (Wildman–Crippen LogP) is 0.683. The Balaban J connectivity index is 2.03. The lowest BCUT2D eigenvalue weighted by atomic mass is 10.4. The highest BCUT2D eigenvalue weighted by Gasteiger charge is 2.15. The minimum absolute atomic E-state index is 0.758. The second kappa shape index (κ2) is 4.50. The number of hydrogen-bond donors (Lipinski definition) is 0. The van der Waals surface area contributed by atoms with Gasteiger partial charge in [-0.1, -0.05) is 11.8 Å². The fourth-order valence-electron chi connectivity index (χ4n) is 1.88. The molecule has 2 aromatic heterocycles. The lowest BCUT2D eigenvalue weighted by Gasteiger charge is -2.27. The third kappa shape index (κ3) is 1.96. The van der Waals surface area contributed by atoms with Crippen LogP contribution in [0.4, 0.5) is 5.82 Å². The number of hydrogen-bond acceptors (Lipinski definition) is 6. The van der Waals surface area contributed by atoms with Crippen molar-refractivity contribution in [1.82, 2.24) is 19.6 Å². The molecule has 3 heterocycles. The average molecular weight is 251 g/mol. The summed E-state index contributed by atoms with van der Waals surface area (Å²) >= 11 is 1.57. The van der Waals surface area contributed by atoms with E-state index in [1.54, 1.807) is 22.6 Å². The zero-order valence-corrected chi connectivity index (χ0v) is 10.4. The zero-order chi connectivity index (χ0) is 11.7. The summed E-state index contributed by atoms with van der Waals surface area (Å²) in [7, 11) is 0. The molecule has 1 aliphatic heterocycles. The van der Waals surface area contributed by atoms with Gasteiger partial charge in [-0.15, -0.1) is 0 Å². The van der Waals surface area contributed by atoms with Gasteiger partial charge in [0.1, 0.15) is 12.1 Å². The van der Waals surface area contributed by atoms with E-state index >= 15 is 0 Å². The molecule has 0 aliphatic carbocycles. The van der Waals surface area contributed by atoms with Crippen molar-refractivity contribution in [3.05, 3.63) is 12.4 Å². The molecule has 0 saturated carbocycles. The summed E-state index contributed by atoms with van der Waals surface area (Å²) in [5.74, 6) is 0.957. The van der Waals surface area contributed by atoms with Crippen molar-refractivity contribution < 1.29 is 4.74 Å². The van der Waals surface area contributed by atoms with Gasteiger partial charge in [-0.3, -0.25) is 0 Å². The van der Waals surface area contributed by atoms with Crippen molar-refractivity contribution in [1.29, 1.82) is 0 Å². The third-order valence-electron chi connectivity index (χ3n) is 2.74.